The fraction of sp³-hybridized carbons (Fsp3) is 0.348. The van der Waals surface area contributed by atoms with E-state index in [1.807, 2.05) is 0 Å². The van der Waals surface area contributed by atoms with Gasteiger partial charge in [0.1, 0.15) is 0 Å². The maximum atomic E-state index is 4.84. The molecule has 0 saturated heterocycles. The summed E-state index contributed by atoms with van der Waals surface area (Å²) in [6.45, 7) is 17.0. The lowest BCUT2D eigenvalue weighted by Gasteiger charge is -2.14. The second kappa shape index (κ2) is 7.69. The van der Waals surface area contributed by atoms with Crippen LogP contribution >= 0.6 is 0 Å². The van der Waals surface area contributed by atoms with E-state index < -0.39 is 0 Å². The maximum Gasteiger partial charge on any atom is 0.0691 e. The van der Waals surface area contributed by atoms with Crippen molar-refractivity contribution < 1.29 is 0 Å². The molecule has 2 heteroatoms. The minimum absolute atomic E-state index is 1.00. The summed E-state index contributed by atoms with van der Waals surface area (Å²) in [5.74, 6) is 0. The van der Waals surface area contributed by atoms with Crippen LogP contribution in [0, 0.1) is 41.5 Å². The second-order valence-corrected chi connectivity index (χ2v) is 7.23. The van der Waals surface area contributed by atoms with Crippen LogP contribution in [-0.4, -0.2) is 5.71 Å². The van der Waals surface area contributed by atoms with Gasteiger partial charge in [-0.25, -0.2) is 0 Å². The highest BCUT2D eigenvalue weighted by Crippen LogP contribution is 2.26. The predicted octanol–water partition coefficient (Wildman–Crippen LogP) is 6.65. The van der Waals surface area contributed by atoms with Crippen LogP contribution in [0.25, 0.3) is 0 Å². The van der Waals surface area contributed by atoms with Crippen molar-refractivity contribution in [2.75, 3.05) is 5.32 Å². The largest absolute Gasteiger partial charge is 0.359 e. The monoisotopic (exact) mass is 334 g/mol. The third-order valence-corrected chi connectivity index (χ3v) is 4.35. The lowest BCUT2D eigenvalue weighted by molar-refractivity contribution is 1.27. The first-order chi connectivity index (χ1) is 11.7. The molecule has 0 aliphatic heterocycles. The molecule has 0 radical (unpaired) electrons. The van der Waals surface area contributed by atoms with Crippen molar-refractivity contribution in [2.45, 2.75) is 55.4 Å². The Balaban J connectivity index is 2.28. The van der Waals surface area contributed by atoms with Crippen LogP contribution < -0.4 is 5.32 Å². The zero-order valence-corrected chi connectivity index (χ0v) is 16.8. The molecule has 1 N–H and O–H groups in total. The minimum Gasteiger partial charge on any atom is -0.359 e. The molecule has 2 nitrogen and oxygen atoms in total. The third-order valence-electron chi connectivity index (χ3n) is 4.35. The van der Waals surface area contributed by atoms with E-state index in [9.17, 15) is 0 Å². The van der Waals surface area contributed by atoms with E-state index in [0.29, 0.717) is 0 Å². The van der Waals surface area contributed by atoms with Gasteiger partial charge in [-0.1, -0.05) is 35.4 Å². The highest BCUT2D eigenvalue weighted by Gasteiger charge is 2.05. The number of nitrogens with one attached hydrogen (secondary N) is 1. The van der Waals surface area contributed by atoms with Gasteiger partial charge in [0.25, 0.3) is 0 Å². The molecule has 0 heterocycles. The Morgan fingerprint density at radius 2 is 1.20 bits per heavy atom. The Labute approximate surface area is 152 Å². The van der Waals surface area contributed by atoms with Crippen molar-refractivity contribution in [1.29, 1.82) is 0 Å². The molecule has 0 unspecified atom stereocenters. The van der Waals surface area contributed by atoms with E-state index in [0.717, 1.165) is 17.1 Å². The number of rotatable bonds is 4. The minimum atomic E-state index is 1.00. The standard InChI is InChI=1S/C23H30N2/c1-14-9-16(3)22(17(4)10-14)24-20(7)13-21(8)25-23-18(5)11-15(2)12-19(23)6/h9-13,24H,1-8H3/b20-13-,25-21?. The van der Waals surface area contributed by atoms with Crippen LogP contribution in [0.4, 0.5) is 11.4 Å². The first-order valence-electron chi connectivity index (χ1n) is 8.83. The van der Waals surface area contributed by atoms with E-state index in [4.69, 9.17) is 4.99 Å². The molecule has 0 atom stereocenters. The molecular formula is C23H30N2. The summed E-state index contributed by atoms with van der Waals surface area (Å²) in [5, 5.41) is 3.54. The van der Waals surface area contributed by atoms with Gasteiger partial charge in [-0.05, 0) is 83.7 Å². The molecule has 0 aromatic heterocycles. The van der Waals surface area contributed by atoms with E-state index in [1.165, 1.54) is 39.1 Å². The Hall–Kier alpha value is -2.35. The number of hydrogen-bond donors (Lipinski definition) is 1. The van der Waals surface area contributed by atoms with Gasteiger partial charge in [0.2, 0.25) is 0 Å². The highest BCUT2D eigenvalue weighted by atomic mass is 14.9. The van der Waals surface area contributed by atoms with Crippen LogP contribution in [0.1, 0.15) is 47.2 Å². The molecule has 0 bridgehead atoms. The van der Waals surface area contributed by atoms with Crippen LogP contribution in [-0.2, 0) is 0 Å². The quantitative estimate of drug-likeness (QED) is 0.622. The molecule has 0 fully saturated rings. The van der Waals surface area contributed by atoms with Crippen LogP contribution in [0.5, 0.6) is 0 Å². The fourth-order valence-electron chi connectivity index (χ4n) is 3.48. The first kappa shape index (κ1) is 19.0. The lowest BCUT2D eigenvalue weighted by Crippen LogP contribution is -2.02. The summed E-state index contributed by atoms with van der Waals surface area (Å²) in [4.78, 5) is 4.84. The van der Waals surface area contributed by atoms with Crippen molar-refractivity contribution in [1.82, 2.24) is 0 Å². The Morgan fingerprint density at radius 3 is 1.68 bits per heavy atom. The van der Waals surface area contributed by atoms with Crippen molar-refractivity contribution in [2.24, 2.45) is 4.99 Å². The molecular weight excluding hydrogens is 304 g/mol. The molecule has 132 valence electrons. The average molecular weight is 335 g/mol. The summed E-state index contributed by atoms with van der Waals surface area (Å²) in [7, 11) is 0. The van der Waals surface area contributed by atoms with E-state index in [1.54, 1.807) is 0 Å². The Morgan fingerprint density at radius 1 is 0.760 bits per heavy atom. The molecule has 2 aromatic rings. The van der Waals surface area contributed by atoms with Gasteiger partial charge in [0, 0.05) is 17.1 Å². The number of hydrogen-bond acceptors (Lipinski definition) is 2. The van der Waals surface area contributed by atoms with Gasteiger partial charge in [-0.15, -0.1) is 0 Å². The van der Waals surface area contributed by atoms with E-state index >= 15 is 0 Å². The summed E-state index contributed by atoms with van der Waals surface area (Å²) >= 11 is 0. The van der Waals surface area contributed by atoms with Crippen molar-refractivity contribution in [3.05, 3.63) is 69.4 Å². The highest BCUT2D eigenvalue weighted by molar-refractivity contribution is 5.96. The van der Waals surface area contributed by atoms with E-state index in [2.05, 4.69) is 91.0 Å². The van der Waals surface area contributed by atoms with Gasteiger partial charge in [-0.3, -0.25) is 4.99 Å². The predicted molar refractivity (Wildman–Crippen MR) is 111 cm³/mol. The van der Waals surface area contributed by atoms with Crippen LogP contribution in [0.3, 0.4) is 0 Å². The molecule has 0 spiro atoms. The maximum absolute atomic E-state index is 4.84. The van der Waals surface area contributed by atoms with Crippen molar-refractivity contribution in [3.63, 3.8) is 0 Å². The van der Waals surface area contributed by atoms with Gasteiger partial charge in [0.15, 0.2) is 0 Å². The second-order valence-electron chi connectivity index (χ2n) is 7.23. The summed E-state index contributed by atoms with van der Waals surface area (Å²) in [6, 6.07) is 8.80. The number of benzene rings is 2. The number of aliphatic imine (C=N–C) groups is 1. The van der Waals surface area contributed by atoms with Crippen LogP contribution in [0.15, 0.2) is 41.0 Å². The third kappa shape index (κ3) is 4.82. The van der Waals surface area contributed by atoms with Crippen LogP contribution in [0.2, 0.25) is 0 Å². The smallest absolute Gasteiger partial charge is 0.0691 e. The summed E-state index contributed by atoms with van der Waals surface area (Å²) < 4.78 is 0. The number of nitrogens with zero attached hydrogens (tertiary/aromatic N) is 1. The zero-order chi connectivity index (χ0) is 18.7. The summed E-state index contributed by atoms with van der Waals surface area (Å²) in [6.07, 6.45) is 2.11. The van der Waals surface area contributed by atoms with Gasteiger partial charge < -0.3 is 5.32 Å². The van der Waals surface area contributed by atoms with Gasteiger partial charge in [-0.2, -0.15) is 0 Å². The zero-order valence-electron chi connectivity index (χ0n) is 16.8. The lowest BCUT2D eigenvalue weighted by atomic mass is 10.0. The topological polar surface area (TPSA) is 24.4 Å². The number of anilines is 1. The Bertz CT molecular complexity index is 808. The molecule has 2 aromatic carbocycles. The number of allylic oxidation sites excluding steroid dienone is 2. The molecule has 0 saturated carbocycles. The SMILES string of the molecule is CC(/C=C(/C)Nc1c(C)cc(C)cc1C)=Nc1c(C)cc(C)cc1C. The number of aryl methyl sites for hydroxylation is 6. The van der Waals surface area contributed by atoms with Crippen molar-refractivity contribution in [3.8, 4) is 0 Å². The molecule has 25 heavy (non-hydrogen) atoms. The average Bonchev–Trinajstić information content (AvgIpc) is 2.46. The van der Waals surface area contributed by atoms with E-state index in [-0.39, 0.29) is 0 Å². The first-order valence-corrected chi connectivity index (χ1v) is 8.83. The molecule has 0 amide bonds. The Kier molecular flexibility index (Phi) is 5.84. The summed E-state index contributed by atoms with van der Waals surface area (Å²) in [5.41, 5.74) is 11.9. The molecule has 2 rings (SSSR count). The van der Waals surface area contributed by atoms with Gasteiger partial charge in [0.05, 0.1) is 5.69 Å². The normalized spacial score (nSPS) is 12.5. The molecule has 0 aliphatic rings. The van der Waals surface area contributed by atoms with Crippen molar-refractivity contribution >= 4 is 17.1 Å². The fourth-order valence-corrected chi connectivity index (χ4v) is 3.48. The molecule has 0 aliphatic carbocycles. The van der Waals surface area contributed by atoms with Gasteiger partial charge >= 0.3 is 0 Å².